The first kappa shape index (κ1) is 13.9. The van der Waals surface area contributed by atoms with E-state index in [2.05, 4.69) is 0 Å². The zero-order chi connectivity index (χ0) is 12.8. The van der Waals surface area contributed by atoms with Crippen LogP contribution in [0.1, 0.15) is 23.7 Å². The van der Waals surface area contributed by atoms with Crippen LogP contribution >= 0.6 is 11.6 Å². The zero-order valence-electron chi connectivity index (χ0n) is 9.62. The molecule has 94 valence electrons. The van der Waals surface area contributed by atoms with Crippen molar-refractivity contribution in [2.45, 2.75) is 13.3 Å². The van der Waals surface area contributed by atoms with E-state index in [1.165, 1.54) is 17.0 Å². The summed E-state index contributed by atoms with van der Waals surface area (Å²) in [5.41, 5.74) is 0.00851. The van der Waals surface area contributed by atoms with E-state index in [0.29, 0.717) is 19.5 Å². The Kier molecular flexibility index (Phi) is 5.38. The van der Waals surface area contributed by atoms with Crippen molar-refractivity contribution < 1.29 is 14.3 Å². The summed E-state index contributed by atoms with van der Waals surface area (Å²) in [4.78, 5) is 13.5. The van der Waals surface area contributed by atoms with E-state index in [1.54, 1.807) is 0 Å². The summed E-state index contributed by atoms with van der Waals surface area (Å²) in [5, 5.41) is 8.99. The average molecular weight is 260 g/mol. The number of nitrogens with zero attached hydrogens (tertiary/aromatic N) is 1. The second kappa shape index (κ2) is 6.57. The summed E-state index contributed by atoms with van der Waals surface area (Å²) in [6, 6.07) is 3.98. The number of hydrogen-bond acceptors (Lipinski definition) is 2. The number of amides is 1. The molecule has 0 aromatic heterocycles. The number of aliphatic hydroxyl groups is 1. The van der Waals surface area contributed by atoms with Crippen molar-refractivity contribution in [3.8, 4) is 0 Å². The molecule has 0 spiro atoms. The van der Waals surface area contributed by atoms with Crippen molar-refractivity contribution in [2.75, 3.05) is 19.7 Å². The molecule has 0 atom stereocenters. The van der Waals surface area contributed by atoms with Crippen LogP contribution < -0.4 is 0 Å². The lowest BCUT2D eigenvalue weighted by Crippen LogP contribution is -2.32. The maximum atomic E-state index is 13.5. The molecule has 0 saturated heterocycles. The molecule has 0 radical (unpaired) electrons. The first-order chi connectivity index (χ1) is 8.10. The lowest BCUT2D eigenvalue weighted by molar-refractivity contribution is 0.0749. The Balaban J connectivity index is 2.86. The number of carbonyl (C=O) groups is 1. The standard InChI is InChI=1S/C12H15ClFNO2/c1-2-15(6-3-7-16)12(17)10-5-4-9(13)8-11(10)14/h4-5,8,16H,2-3,6-7H2,1H3. The fourth-order valence-electron chi connectivity index (χ4n) is 1.50. The highest BCUT2D eigenvalue weighted by atomic mass is 35.5. The van der Waals surface area contributed by atoms with Crippen LogP contribution in [-0.4, -0.2) is 35.6 Å². The van der Waals surface area contributed by atoms with Crippen LogP contribution in [0.25, 0.3) is 0 Å². The molecule has 0 heterocycles. The first-order valence-electron chi connectivity index (χ1n) is 5.45. The number of hydrogen-bond donors (Lipinski definition) is 1. The Morgan fingerprint density at radius 1 is 1.53 bits per heavy atom. The molecule has 0 fully saturated rings. The fourth-order valence-corrected chi connectivity index (χ4v) is 1.66. The highest BCUT2D eigenvalue weighted by molar-refractivity contribution is 6.30. The molecule has 0 aliphatic carbocycles. The summed E-state index contributed by atoms with van der Waals surface area (Å²) in [5.74, 6) is -1.000. The molecule has 0 saturated carbocycles. The van der Waals surface area contributed by atoms with Gasteiger partial charge >= 0.3 is 0 Å². The number of rotatable bonds is 5. The van der Waals surface area contributed by atoms with Gasteiger partial charge in [-0.15, -0.1) is 0 Å². The minimum absolute atomic E-state index is 0.00683. The van der Waals surface area contributed by atoms with Gasteiger partial charge in [0.05, 0.1) is 5.56 Å². The van der Waals surface area contributed by atoms with Crippen molar-refractivity contribution in [3.63, 3.8) is 0 Å². The van der Waals surface area contributed by atoms with Gasteiger partial charge in [-0.05, 0) is 31.5 Å². The van der Waals surface area contributed by atoms with E-state index in [1.807, 2.05) is 6.92 Å². The normalized spacial score (nSPS) is 10.4. The summed E-state index contributed by atoms with van der Waals surface area (Å²) in [6.45, 7) is 2.70. The van der Waals surface area contributed by atoms with E-state index >= 15 is 0 Å². The van der Waals surface area contributed by atoms with Crippen LogP contribution in [-0.2, 0) is 0 Å². The van der Waals surface area contributed by atoms with Crippen LogP contribution in [0.15, 0.2) is 18.2 Å². The smallest absolute Gasteiger partial charge is 0.256 e. The monoisotopic (exact) mass is 259 g/mol. The first-order valence-corrected chi connectivity index (χ1v) is 5.83. The second-order valence-corrected chi connectivity index (χ2v) is 4.02. The van der Waals surface area contributed by atoms with E-state index in [0.717, 1.165) is 6.07 Å². The van der Waals surface area contributed by atoms with Crippen LogP contribution in [0.5, 0.6) is 0 Å². The molecular formula is C12H15ClFNO2. The van der Waals surface area contributed by atoms with Gasteiger partial charge in [0.25, 0.3) is 5.91 Å². The van der Waals surface area contributed by atoms with Crippen molar-refractivity contribution in [3.05, 3.63) is 34.6 Å². The van der Waals surface area contributed by atoms with Crippen LogP contribution in [0.4, 0.5) is 4.39 Å². The lowest BCUT2D eigenvalue weighted by Gasteiger charge is -2.20. The topological polar surface area (TPSA) is 40.5 Å². The fraction of sp³-hybridized carbons (Fsp3) is 0.417. The van der Waals surface area contributed by atoms with Gasteiger partial charge in [-0.1, -0.05) is 11.6 Å². The third-order valence-electron chi connectivity index (χ3n) is 2.42. The molecule has 1 aromatic rings. The largest absolute Gasteiger partial charge is 0.396 e. The molecule has 0 aliphatic rings. The van der Waals surface area contributed by atoms with Gasteiger partial charge in [-0.2, -0.15) is 0 Å². The van der Waals surface area contributed by atoms with Gasteiger partial charge in [0.1, 0.15) is 5.82 Å². The van der Waals surface area contributed by atoms with Crippen molar-refractivity contribution in [2.24, 2.45) is 0 Å². The molecular weight excluding hydrogens is 245 g/mol. The van der Waals surface area contributed by atoms with Crippen LogP contribution in [0.2, 0.25) is 5.02 Å². The van der Waals surface area contributed by atoms with Gasteiger partial charge in [-0.25, -0.2) is 4.39 Å². The Morgan fingerprint density at radius 2 is 2.24 bits per heavy atom. The molecule has 17 heavy (non-hydrogen) atoms. The van der Waals surface area contributed by atoms with Gasteiger partial charge in [0.15, 0.2) is 0 Å². The Hall–Kier alpha value is -1.13. The number of benzene rings is 1. The van der Waals surface area contributed by atoms with E-state index in [-0.39, 0.29) is 23.1 Å². The van der Waals surface area contributed by atoms with E-state index in [4.69, 9.17) is 16.7 Å². The maximum Gasteiger partial charge on any atom is 0.256 e. The number of halogens is 2. The minimum atomic E-state index is -0.620. The predicted molar refractivity (Wildman–Crippen MR) is 64.7 cm³/mol. The molecule has 0 aliphatic heterocycles. The second-order valence-electron chi connectivity index (χ2n) is 3.59. The molecule has 1 N–H and O–H groups in total. The van der Waals surface area contributed by atoms with Gasteiger partial charge < -0.3 is 10.0 Å². The van der Waals surface area contributed by atoms with Crippen molar-refractivity contribution in [1.82, 2.24) is 4.90 Å². The van der Waals surface area contributed by atoms with Crippen molar-refractivity contribution >= 4 is 17.5 Å². The van der Waals surface area contributed by atoms with Gasteiger partial charge in [0.2, 0.25) is 0 Å². The molecule has 1 aromatic carbocycles. The minimum Gasteiger partial charge on any atom is -0.396 e. The Bertz CT molecular complexity index is 398. The highest BCUT2D eigenvalue weighted by Crippen LogP contribution is 2.16. The maximum absolute atomic E-state index is 13.5. The zero-order valence-corrected chi connectivity index (χ0v) is 10.4. The van der Waals surface area contributed by atoms with E-state index in [9.17, 15) is 9.18 Å². The predicted octanol–water partition coefficient (Wildman–Crippen LogP) is 2.32. The Morgan fingerprint density at radius 3 is 2.76 bits per heavy atom. The molecule has 5 heteroatoms. The average Bonchev–Trinajstić information content (AvgIpc) is 2.29. The SMILES string of the molecule is CCN(CCCO)C(=O)c1ccc(Cl)cc1F. The molecule has 0 unspecified atom stereocenters. The molecule has 1 amide bonds. The Labute approximate surface area is 105 Å². The number of aliphatic hydroxyl groups excluding tert-OH is 1. The summed E-state index contributed by atoms with van der Waals surface area (Å²) >= 11 is 5.62. The lowest BCUT2D eigenvalue weighted by atomic mass is 10.2. The van der Waals surface area contributed by atoms with Crippen LogP contribution in [0, 0.1) is 5.82 Å². The molecule has 3 nitrogen and oxygen atoms in total. The third-order valence-corrected chi connectivity index (χ3v) is 2.65. The summed E-state index contributed by atoms with van der Waals surface area (Å²) in [7, 11) is 0. The highest BCUT2D eigenvalue weighted by Gasteiger charge is 2.17. The molecule has 1 rings (SSSR count). The third kappa shape index (κ3) is 3.68. The molecule has 0 bridgehead atoms. The summed E-state index contributed by atoms with van der Waals surface area (Å²) in [6.07, 6.45) is 0.481. The van der Waals surface area contributed by atoms with Gasteiger partial charge in [0, 0.05) is 24.7 Å². The van der Waals surface area contributed by atoms with E-state index < -0.39 is 5.82 Å². The van der Waals surface area contributed by atoms with Gasteiger partial charge in [-0.3, -0.25) is 4.79 Å². The quantitative estimate of drug-likeness (QED) is 0.882. The summed E-state index contributed by atoms with van der Waals surface area (Å²) < 4.78 is 13.5. The van der Waals surface area contributed by atoms with Crippen molar-refractivity contribution in [1.29, 1.82) is 0 Å². The van der Waals surface area contributed by atoms with Crippen LogP contribution in [0.3, 0.4) is 0 Å². The number of carbonyl (C=O) groups excluding carboxylic acids is 1.